The van der Waals surface area contributed by atoms with Crippen LogP contribution in [0.15, 0.2) is 24.3 Å². The quantitative estimate of drug-likeness (QED) is 0.812. The van der Waals surface area contributed by atoms with E-state index >= 15 is 0 Å². The molecule has 80 valence electrons. The standard InChI is InChI=1S/C11H12ClNO2/c12-8-4-2-1-3-7(8)9-5-6-10(13-9)11(14)15/h1-4,9-10,13H,5-6H2,(H,14,15)/t9-,10?/m1/s1. The summed E-state index contributed by atoms with van der Waals surface area (Å²) >= 11 is 6.04. The van der Waals surface area contributed by atoms with Gasteiger partial charge in [0.1, 0.15) is 6.04 Å². The smallest absolute Gasteiger partial charge is 0.320 e. The lowest BCUT2D eigenvalue weighted by Crippen LogP contribution is -2.31. The molecule has 1 aliphatic heterocycles. The van der Waals surface area contributed by atoms with Gasteiger partial charge in [0.25, 0.3) is 0 Å². The van der Waals surface area contributed by atoms with Gasteiger partial charge in [0.15, 0.2) is 0 Å². The molecule has 0 saturated carbocycles. The zero-order valence-electron chi connectivity index (χ0n) is 8.11. The molecule has 2 rings (SSSR count). The van der Waals surface area contributed by atoms with Crippen LogP contribution in [0, 0.1) is 0 Å². The van der Waals surface area contributed by atoms with Crippen molar-refractivity contribution in [3.05, 3.63) is 34.9 Å². The number of aliphatic carboxylic acids is 1. The molecule has 0 radical (unpaired) electrons. The molecule has 0 aliphatic carbocycles. The van der Waals surface area contributed by atoms with E-state index in [2.05, 4.69) is 5.32 Å². The van der Waals surface area contributed by atoms with Crippen molar-refractivity contribution < 1.29 is 9.90 Å². The molecule has 1 fully saturated rings. The first-order chi connectivity index (χ1) is 7.18. The summed E-state index contributed by atoms with van der Waals surface area (Å²) in [6, 6.07) is 7.18. The van der Waals surface area contributed by atoms with E-state index < -0.39 is 12.0 Å². The molecule has 1 aromatic rings. The maximum absolute atomic E-state index is 10.8. The molecule has 3 nitrogen and oxygen atoms in total. The lowest BCUT2D eigenvalue weighted by atomic mass is 10.1. The number of carboxylic acid groups (broad SMARTS) is 1. The predicted molar refractivity (Wildman–Crippen MR) is 58.0 cm³/mol. The third-order valence-electron chi connectivity index (χ3n) is 2.73. The van der Waals surface area contributed by atoms with Crippen LogP contribution in [-0.2, 0) is 4.79 Å². The minimum atomic E-state index is -0.787. The van der Waals surface area contributed by atoms with Crippen LogP contribution in [0.3, 0.4) is 0 Å². The minimum Gasteiger partial charge on any atom is -0.480 e. The van der Waals surface area contributed by atoms with Crippen LogP contribution < -0.4 is 5.32 Å². The Balaban J connectivity index is 2.14. The normalized spacial score (nSPS) is 25.4. The van der Waals surface area contributed by atoms with E-state index in [1.54, 1.807) is 0 Å². The van der Waals surface area contributed by atoms with Crippen LogP contribution in [0.2, 0.25) is 5.02 Å². The number of carboxylic acids is 1. The monoisotopic (exact) mass is 225 g/mol. The zero-order valence-corrected chi connectivity index (χ0v) is 8.87. The van der Waals surface area contributed by atoms with Gasteiger partial charge in [-0.3, -0.25) is 10.1 Å². The van der Waals surface area contributed by atoms with E-state index in [1.165, 1.54) is 0 Å². The summed E-state index contributed by atoms with van der Waals surface area (Å²) in [4.78, 5) is 10.8. The molecule has 1 saturated heterocycles. The van der Waals surface area contributed by atoms with E-state index in [-0.39, 0.29) is 6.04 Å². The van der Waals surface area contributed by atoms with Gasteiger partial charge in [-0.05, 0) is 24.5 Å². The highest BCUT2D eigenvalue weighted by atomic mass is 35.5. The predicted octanol–water partition coefficient (Wildman–Crippen LogP) is 2.22. The fourth-order valence-electron chi connectivity index (χ4n) is 1.94. The van der Waals surface area contributed by atoms with Crippen LogP contribution in [0.4, 0.5) is 0 Å². The Hall–Kier alpha value is -1.06. The zero-order chi connectivity index (χ0) is 10.8. The number of hydrogen-bond acceptors (Lipinski definition) is 2. The summed E-state index contributed by atoms with van der Waals surface area (Å²) in [6.45, 7) is 0. The molecule has 0 aromatic heterocycles. The molecule has 0 bridgehead atoms. The van der Waals surface area contributed by atoms with Gasteiger partial charge in [-0.2, -0.15) is 0 Å². The van der Waals surface area contributed by atoms with Crippen molar-refractivity contribution in [2.24, 2.45) is 0 Å². The summed E-state index contributed by atoms with van der Waals surface area (Å²) in [5, 5.41) is 12.6. The van der Waals surface area contributed by atoms with Crippen LogP contribution in [-0.4, -0.2) is 17.1 Å². The second-order valence-electron chi connectivity index (χ2n) is 3.71. The molecular weight excluding hydrogens is 214 g/mol. The number of carbonyl (C=O) groups is 1. The maximum Gasteiger partial charge on any atom is 0.320 e. The summed E-state index contributed by atoms with van der Waals surface area (Å²) < 4.78 is 0. The molecule has 0 amide bonds. The second-order valence-corrected chi connectivity index (χ2v) is 4.12. The SMILES string of the molecule is O=C(O)C1CC[C@H](c2ccccc2Cl)N1. The largest absolute Gasteiger partial charge is 0.480 e. The molecule has 2 N–H and O–H groups in total. The van der Waals surface area contributed by atoms with Crippen molar-refractivity contribution in [3.63, 3.8) is 0 Å². The van der Waals surface area contributed by atoms with Crippen molar-refractivity contribution in [2.45, 2.75) is 24.9 Å². The van der Waals surface area contributed by atoms with E-state index in [0.29, 0.717) is 11.4 Å². The number of rotatable bonds is 2. The van der Waals surface area contributed by atoms with E-state index in [4.69, 9.17) is 16.7 Å². The summed E-state index contributed by atoms with van der Waals surface area (Å²) in [7, 11) is 0. The molecule has 1 unspecified atom stereocenters. The maximum atomic E-state index is 10.8. The number of nitrogens with one attached hydrogen (secondary N) is 1. The molecular formula is C11H12ClNO2. The molecule has 0 spiro atoms. The van der Waals surface area contributed by atoms with E-state index in [0.717, 1.165) is 12.0 Å². The van der Waals surface area contributed by atoms with Gasteiger partial charge in [0, 0.05) is 11.1 Å². The van der Waals surface area contributed by atoms with Gasteiger partial charge in [-0.15, -0.1) is 0 Å². The minimum absolute atomic E-state index is 0.0693. The second kappa shape index (κ2) is 4.21. The van der Waals surface area contributed by atoms with Crippen LogP contribution in [0.25, 0.3) is 0 Å². The molecule has 1 heterocycles. The van der Waals surface area contributed by atoms with Crippen LogP contribution >= 0.6 is 11.6 Å². The lowest BCUT2D eigenvalue weighted by molar-refractivity contribution is -0.139. The van der Waals surface area contributed by atoms with Crippen molar-refractivity contribution in [3.8, 4) is 0 Å². The van der Waals surface area contributed by atoms with E-state index in [1.807, 2.05) is 24.3 Å². The molecule has 1 aliphatic rings. The van der Waals surface area contributed by atoms with Crippen molar-refractivity contribution in [1.82, 2.24) is 5.32 Å². The Bertz CT molecular complexity index is 381. The molecule has 1 aromatic carbocycles. The average molecular weight is 226 g/mol. The Morgan fingerprint density at radius 2 is 2.13 bits per heavy atom. The molecule has 15 heavy (non-hydrogen) atoms. The Labute approximate surface area is 93.1 Å². The number of halogens is 1. The highest BCUT2D eigenvalue weighted by Gasteiger charge is 2.30. The van der Waals surface area contributed by atoms with Crippen LogP contribution in [0.1, 0.15) is 24.4 Å². The van der Waals surface area contributed by atoms with Gasteiger partial charge in [0.05, 0.1) is 0 Å². The summed E-state index contributed by atoms with van der Waals surface area (Å²) in [6.07, 6.45) is 1.48. The van der Waals surface area contributed by atoms with Gasteiger partial charge >= 0.3 is 5.97 Å². The van der Waals surface area contributed by atoms with Gasteiger partial charge < -0.3 is 5.11 Å². The first-order valence-electron chi connectivity index (χ1n) is 4.92. The van der Waals surface area contributed by atoms with E-state index in [9.17, 15) is 4.79 Å². The number of hydrogen-bond donors (Lipinski definition) is 2. The molecule has 4 heteroatoms. The highest BCUT2D eigenvalue weighted by Crippen LogP contribution is 2.30. The Morgan fingerprint density at radius 3 is 2.73 bits per heavy atom. The average Bonchev–Trinajstić information content (AvgIpc) is 2.67. The fraction of sp³-hybridized carbons (Fsp3) is 0.364. The number of benzene rings is 1. The first-order valence-corrected chi connectivity index (χ1v) is 5.29. The molecule has 2 atom stereocenters. The highest BCUT2D eigenvalue weighted by molar-refractivity contribution is 6.31. The topological polar surface area (TPSA) is 49.3 Å². The van der Waals surface area contributed by atoms with Crippen molar-refractivity contribution in [1.29, 1.82) is 0 Å². The Kier molecular flexibility index (Phi) is 2.93. The third-order valence-corrected chi connectivity index (χ3v) is 3.07. The van der Waals surface area contributed by atoms with Gasteiger partial charge in [0.2, 0.25) is 0 Å². The first kappa shape index (κ1) is 10.5. The summed E-state index contributed by atoms with van der Waals surface area (Å²) in [5.74, 6) is -0.787. The Morgan fingerprint density at radius 1 is 1.40 bits per heavy atom. The van der Waals surface area contributed by atoms with Gasteiger partial charge in [-0.1, -0.05) is 29.8 Å². The lowest BCUT2D eigenvalue weighted by Gasteiger charge is -2.13. The van der Waals surface area contributed by atoms with Crippen molar-refractivity contribution in [2.75, 3.05) is 0 Å². The summed E-state index contributed by atoms with van der Waals surface area (Å²) in [5.41, 5.74) is 0.989. The van der Waals surface area contributed by atoms with Crippen molar-refractivity contribution >= 4 is 17.6 Å². The van der Waals surface area contributed by atoms with Gasteiger partial charge in [-0.25, -0.2) is 0 Å². The third kappa shape index (κ3) is 2.13. The fourth-order valence-corrected chi connectivity index (χ4v) is 2.21. The van der Waals surface area contributed by atoms with Crippen LogP contribution in [0.5, 0.6) is 0 Å².